The molecule has 2 atom stereocenters. The van der Waals surface area contributed by atoms with E-state index in [1.54, 1.807) is 19.9 Å². The first-order valence-corrected chi connectivity index (χ1v) is 13.1. The number of esters is 2. The van der Waals surface area contributed by atoms with Crippen molar-refractivity contribution in [3.63, 3.8) is 0 Å². The van der Waals surface area contributed by atoms with E-state index in [0.29, 0.717) is 6.42 Å². The molecule has 2 N–H and O–H groups in total. The molecule has 0 spiro atoms. The molecule has 1 rings (SSSR count). The highest BCUT2D eigenvalue weighted by Crippen LogP contribution is 2.45. The van der Waals surface area contributed by atoms with Crippen LogP contribution in [0.3, 0.4) is 0 Å². The van der Waals surface area contributed by atoms with Gasteiger partial charge in [0.1, 0.15) is 18.8 Å². The van der Waals surface area contributed by atoms with Crippen molar-refractivity contribution in [3.05, 3.63) is 37.0 Å². The molecular weight excluding hydrogens is 504 g/mol. The molecule has 10 heteroatoms. The Balaban J connectivity index is 2.83. The van der Waals surface area contributed by atoms with Gasteiger partial charge in [-0.1, -0.05) is 40.0 Å². The van der Waals surface area contributed by atoms with Gasteiger partial charge in [-0.05, 0) is 57.8 Å². The lowest BCUT2D eigenvalue weighted by Crippen LogP contribution is -2.54. The molecule has 0 radical (unpaired) electrons. The highest BCUT2D eigenvalue weighted by atomic mass is 16.6. The van der Waals surface area contributed by atoms with Crippen LogP contribution < -0.4 is 10.6 Å². The molecule has 0 aromatic carbocycles. The minimum absolute atomic E-state index is 0.0985. The summed E-state index contributed by atoms with van der Waals surface area (Å²) < 4.78 is 21.2. The molecule has 1 aliphatic rings. The zero-order valence-electron chi connectivity index (χ0n) is 24.6. The van der Waals surface area contributed by atoms with Crippen LogP contribution in [0.15, 0.2) is 37.0 Å². The molecule has 39 heavy (non-hydrogen) atoms. The zero-order valence-corrected chi connectivity index (χ0v) is 24.6. The fourth-order valence-corrected chi connectivity index (χ4v) is 4.74. The third-order valence-electron chi connectivity index (χ3n) is 6.32. The van der Waals surface area contributed by atoms with Gasteiger partial charge in [-0.3, -0.25) is 4.79 Å². The molecule has 10 nitrogen and oxygen atoms in total. The van der Waals surface area contributed by atoms with Crippen LogP contribution >= 0.6 is 0 Å². The van der Waals surface area contributed by atoms with Crippen LogP contribution in [0.4, 0.5) is 4.79 Å². The van der Waals surface area contributed by atoms with Crippen LogP contribution in [0.25, 0.3) is 0 Å². The fraction of sp³-hybridized carbons (Fsp3) is 0.655. The highest BCUT2D eigenvalue weighted by molar-refractivity contribution is 5.87. The van der Waals surface area contributed by atoms with Crippen molar-refractivity contribution >= 4 is 23.9 Å². The minimum atomic E-state index is -1.03. The maximum Gasteiger partial charge on any atom is 0.407 e. The van der Waals surface area contributed by atoms with Crippen LogP contribution in [0.1, 0.15) is 67.7 Å². The summed E-state index contributed by atoms with van der Waals surface area (Å²) in [6.07, 6.45) is 2.04. The van der Waals surface area contributed by atoms with Gasteiger partial charge in [-0.2, -0.15) is 0 Å². The number of carbonyl (C=O) groups excluding carboxylic acids is 4. The van der Waals surface area contributed by atoms with E-state index in [9.17, 15) is 19.2 Å². The Morgan fingerprint density at radius 3 is 2.03 bits per heavy atom. The minimum Gasteiger partial charge on any atom is -0.458 e. The molecule has 1 aliphatic carbocycles. The van der Waals surface area contributed by atoms with E-state index in [-0.39, 0.29) is 60.3 Å². The molecule has 1 saturated carbocycles. The molecule has 1 fully saturated rings. The van der Waals surface area contributed by atoms with E-state index in [2.05, 4.69) is 44.2 Å². The summed E-state index contributed by atoms with van der Waals surface area (Å²) in [5.74, 6) is -1.52. The predicted octanol–water partition coefficient (Wildman–Crippen LogP) is 4.00. The van der Waals surface area contributed by atoms with Gasteiger partial charge in [-0.15, -0.1) is 6.58 Å². The number of nitrogens with one attached hydrogen (secondary N) is 2. The number of amides is 2. The lowest BCUT2D eigenvalue weighted by molar-refractivity contribution is -0.147. The van der Waals surface area contributed by atoms with Gasteiger partial charge in [0.25, 0.3) is 5.91 Å². The van der Waals surface area contributed by atoms with Gasteiger partial charge in [0.15, 0.2) is 6.10 Å². The Labute approximate surface area is 232 Å². The van der Waals surface area contributed by atoms with Crippen LogP contribution in [0, 0.1) is 10.8 Å². The second-order valence-corrected chi connectivity index (χ2v) is 12.0. The molecule has 220 valence electrons. The molecule has 0 heterocycles. The van der Waals surface area contributed by atoms with Gasteiger partial charge in [0, 0.05) is 23.7 Å². The smallest absolute Gasteiger partial charge is 0.407 e. The first-order valence-electron chi connectivity index (χ1n) is 13.1. The van der Waals surface area contributed by atoms with E-state index in [1.807, 2.05) is 6.92 Å². The Morgan fingerprint density at radius 2 is 1.54 bits per heavy atom. The summed E-state index contributed by atoms with van der Waals surface area (Å²) >= 11 is 0. The third-order valence-corrected chi connectivity index (χ3v) is 6.32. The molecule has 0 aromatic heterocycles. The monoisotopic (exact) mass is 550 g/mol. The Morgan fingerprint density at radius 1 is 1.00 bits per heavy atom. The molecule has 0 saturated heterocycles. The Kier molecular flexibility index (Phi) is 12.4. The number of hydrogen-bond donors (Lipinski definition) is 2. The van der Waals surface area contributed by atoms with Crippen LogP contribution in [-0.2, 0) is 33.3 Å². The Hall–Kier alpha value is -3.14. The van der Waals surface area contributed by atoms with E-state index >= 15 is 0 Å². The van der Waals surface area contributed by atoms with Gasteiger partial charge in [0.2, 0.25) is 0 Å². The van der Waals surface area contributed by atoms with Crippen molar-refractivity contribution in [2.24, 2.45) is 10.8 Å². The topological polar surface area (TPSA) is 129 Å². The van der Waals surface area contributed by atoms with E-state index in [1.165, 1.54) is 13.8 Å². The molecular formula is C29H46N2O8. The van der Waals surface area contributed by atoms with Crippen LogP contribution in [0.5, 0.6) is 0 Å². The average Bonchev–Trinajstić information content (AvgIpc) is 2.81. The lowest BCUT2D eigenvalue weighted by Gasteiger charge is -2.47. The summed E-state index contributed by atoms with van der Waals surface area (Å²) in [6, 6.07) is -0.119. The largest absolute Gasteiger partial charge is 0.458 e. The van der Waals surface area contributed by atoms with E-state index in [4.69, 9.17) is 18.9 Å². The normalized spacial score (nSPS) is 20.4. The fourth-order valence-electron chi connectivity index (χ4n) is 4.74. The van der Waals surface area contributed by atoms with Crippen molar-refractivity contribution in [2.75, 3.05) is 26.4 Å². The first kappa shape index (κ1) is 33.9. The number of alkyl carbamates (subject to hydrolysis) is 1. The third kappa shape index (κ3) is 12.1. The standard InChI is InChI=1S/C29H46N2O8/c1-11-12-38-28(8,9)25(34)31-21-13-27(6,7)17-29(10,14-21)18-30-26(35)39-22(15-36-23(32)19(2)3)16-37-24(33)20(4)5/h11,21-22H,1-2,4,12-18H2,3,5-10H3,(H,30,35)(H,31,34). The van der Waals surface area contributed by atoms with Crippen LogP contribution in [-0.4, -0.2) is 68.1 Å². The summed E-state index contributed by atoms with van der Waals surface area (Å²) in [7, 11) is 0. The van der Waals surface area contributed by atoms with E-state index < -0.39 is 29.7 Å². The molecule has 2 amide bonds. The van der Waals surface area contributed by atoms with Crippen molar-refractivity contribution in [1.82, 2.24) is 10.6 Å². The van der Waals surface area contributed by atoms with Crippen molar-refractivity contribution in [3.8, 4) is 0 Å². The molecule has 0 aliphatic heterocycles. The van der Waals surface area contributed by atoms with Crippen molar-refractivity contribution in [2.45, 2.75) is 85.5 Å². The average molecular weight is 551 g/mol. The van der Waals surface area contributed by atoms with Crippen LogP contribution in [0.2, 0.25) is 0 Å². The highest BCUT2D eigenvalue weighted by Gasteiger charge is 2.43. The SMILES string of the molecule is C=CCOC(C)(C)C(=O)NC1CC(C)(C)CC(C)(CNC(=O)OC(COC(=O)C(=C)C)COC(=O)C(=C)C)C1. The zero-order chi connectivity index (χ0) is 30.0. The Bertz CT molecular complexity index is 925. The maximum absolute atomic E-state index is 12.9. The van der Waals surface area contributed by atoms with Gasteiger partial charge in [0.05, 0.1) is 6.61 Å². The molecule has 2 unspecified atom stereocenters. The van der Waals surface area contributed by atoms with Gasteiger partial charge >= 0.3 is 18.0 Å². The number of carbonyl (C=O) groups is 4. The second kappa shape index (κ2) is 14.3. The second-order valence-electron chi connectivity index (χ2n) is 12.0. The summed E-state index contributed by atoms with van der Waals surface area (Å²) in [5.41, 5.74) is -1.09. The lowest BCUT2D eigenvalue weighted by atomic mass is 9.62. The summed E-state index contributed by atoms with van der Waals surface area (Å²) in [5, 5.41) is 5.91. The van der Waals surface area contributed by atoms with Gasteiger partial charge < -0.3 is 29.6 Å². The maximum atomic E-state index is 12.9. The first-order chi connectivity index (χ1) is 17.9. The molecule has 0 aromatic rings. The predicted molar refractivity (Wildman–Crippen MR) is 148 cm³/mol. The van der Waals surface area contributed by atoms with Gasteiger partial charge in [-0.25, -0.2) is 14.4 Å². The quantitative estimate of drug-likeness (QED) is 0.144. The molecule has 0 bridgehead atoms. The number of rotatable bonds is 14. The van der Waals surface area contributed by atoms with E-state index in [0.717, 1.165) is 12.8 Å². The number of hydrogen-bond acceptors (Lipinski definition) is 8. The summed E-state index contributed by atoms with van der Waals surface area (Å²) in [4.78, 5) is 49.2. The van der Waals surface area contributed by atoms with Crippen molar-refractivity contribution < 1.29 is 38.1 Å². The van der Waals surface area contributed by atoms with Crippen molar-refractivity contribution in [1.29, 1.82) is 0 Å². The summed E-state index contributed by atoms with van der Waals surface area (Å²) in [6.45, 7) is 23.3. The number of ether oxygens (including phenoxy) is 4.